The molecule has 1 aliphatic heterocycles. The SMILES string of the molecule is Cc1ccc(S(=O)(=O)Nc2ccc(C(=O)Nc3nnc(-c4ccc5c(c4)OCCO5)o3)cc2)cc1. The zero-order valence-electron chi connectivity index (χ0n) is 18.5. The first-order chi connectivity index (χ1) is 16.9. The number of carbonyl (C=O) groups excluding carboxylic acids is 1. The fraction of sp³-hybridized carbons (Fsp3) is 0.125. The molecule has 2 heterocycles. The number of hydrogen-bond donors (Lipinski definition) is 2. The molecule has 2 N–H and O–H groups in total. The van der Waals surface area contributed by atoms with E-state index < -0.39 is 15.9 Å². The molecule has 0 spiro atoms. The monoisotopic (exact) mass is 492 g/mol. The van der Waals surface area contributed by atoms with Crippen molar-refractivity contribution in [1.82, 2.24) is 10.2 Å². The molecule has 178 valence electrons. The number of nitrogens with zero attached hydrogens (tertiary/aromatic N) is 2. The lowest BCUT2D eigenvalue weighted by molar-refractivity contribution is 0.102. The summed E-state index contributed by atoms with van der Waals surface area (Å²) >= 11 is 0. The smallest absolute Gasteiger partial charge is 0.322 e. The fourth-order valence-electron chi connectivity index (χ4n) is 3.36. The van der Waals surface area contributed by atoms with Gasteiger partial charge in [-0.25, -0.2) is 8.42 Å². The summed E-state index contributed by atoms with van der Waals surface area (Å²) in [6.07, 6.45) is 0. The molecule has 0 fully saturated rings. The Morgan fingerprint density at radius 1 is 0.886 bits per heavy atom. The first-order valence-electron chi connectivity index (χ1n) is 10.6. The summed E-state index contributed by atoms with van der Waals surface area (Å²) in [6.45, 7) is 2.82. The molecule has 0 unspecified atom stereocenters. The highest BCUT2D eigenvalue weighted by molar-refractivity contribution is 7.92. The Kier molecular flexibility index (Phi) is 5.83. The minimum Gasteiger partial charge on any atom is -0.486 e. The van der Waals surface area contributed by atoms with Gasteiger partial charge in [-0.3, -0.25) is 14.8 Å². The highest BCUT2D eigenvalue weighted by Crippen LogP contribution is 2.34. The third-order valence-electron chi connectivity index (χ3n) is 5.17. The molecule has 5 rings (SSSR count). The van der Waals surface area contributed by atoms with Gasteiger partial charge in [-0.05, 0) is 61.5 Å². The molecular weight excluding hydrogens is 472 g/mol. The van der Waals surface area contributed by atoms with Gasteiger partial charge in [-0.15, -0.1) is 5.10 Å². The summed E-state index contributed by atoms with van der Waals surface area (Å²) in [6, 6.07) is 17.6. The van der Waals surface area contributed by atoms with Gasteiger partial charge in [-0.2, -0.15) is 0 Å². The van der Waals surface area contributed by atoms with Crippen molar-refractivity contribution in [3.8, 4) is 23.0 Å². The van der Waals surface area contributed by atoms with E-state index in [1.165, 1.54) is 36.4 Å². The lowest BCUT2D eigenvalue weighted by Gasteiger charge is -2.18. The molecule has 4 aromatic rings. The van der Waals surface area contributed by atoms with Crippen molar-refractivity contribution < 1.29 is 27.1 Å². The van der Waals surface area contributed by atoms with Gasteiger partial charge in [0.05, 0.1) is 4.90 Å². The maximum absolute atomic E-state index is 12.6. The minimum atomic E-state index is -3.74. The number of fused-ring (bicyclic) bond motifs is 1. The van der Waals surface area contributed by atoms with Crippen molar-refractivity contribution in [2.24, 2.45) is 0 Å². The molecule has 0 saturated heterocycles. The Labute approximate surface area is 201 Å². The van der Waals surface area contributed by atoms with Crippen LogP contribution in [-0.4, -0.2) is 37.7 Å². The van der Waals surface area contributed by atoms with Gasteiger partial charge in [0, 0.05) is 16.8 Å². The Hall–Kier alpha value is -4.38. The Morgan fingerprint density at radius 3 is 2.34 bits per heavy atom. The Bertz CT molecular complexity index is 1480. The normalized spacial score (nSPS) is 12.7. The van der Waals surface area contributed by atoms with Gasteiger partial charge in [0.25, 0.3) is 15.9 Å². The van der Waals surface area contributed by atoms with Crippen LogP contribution in [-0.2, 0) is 10.0 Å². The first-order valence-corrected chi connectivity index (χ1v) is 12.1. The van der Waals surface area contributed by atoms with E-state index in [4.69, 9.17) is 13.9 Å². The van der Waals surface area contributed by atoms with Crippen molar-refractivity contribution >= 4 is 27.6 Å². The molecule has 11 heteroatoms. The van der Waals surface area contributed by atoms with Gasteiger partial charge < -0.3 is 13.9 Å². The molecule has 0 atom stereocenters. The van der Waals surface area contributed by atoms with E-state index in [0.717, 1.165) is 5.56 Å². The quantitative estimate of drug-likeness (QED) is 0.415. The highest BCUT2D eigenvalue weighted by atomic mass is 32.2. The number of amides is 1. The van der Waals surface area contributed by atoms with Crippen LogP contribution in [0.1, 0.15) is 15.9 Å². The van der Waals surface area contributed by atoms with Gasteiger partial charge in [0.1, 0.15) is 13.2 Å². The number of rotatable bonds is 6. The molecule has 0 saturated carbocycles. The number of nitrogens with one attached hydrogen (secondary N) is 2. The summed E-state index contributed by atoms with van der Waals surface area (Å²) in [5.41, 5.74) is 2.18. The van der Waals surface area contributed by atoms with Crippen molar-refractivity contribution in [3.63, 3.8) is 0 Å². The third-order valence-corrected chi connectivity index (χ3v) is 6.56. The molecule has 1 amide bonds. The van der Waals surface area contributed by atoms with E-state index in [1.807, 2.05) is 6.92 Å². The van der Waals surface area contributed by atoms with Crippen molar-refractivity contribution in [1.29, 1.82) is 0 Å². The van der Waals surface area contributed by atoms with E-state index in [9.17, 15) is 13.2 Å². The fourth-order valence-corrected chi connectivity index (χ4v) is 4.42. The lowest BCUT2D eigenvalue weighted by atomic mass is 10.2. The molecule has 1 aliphatic rings. The molecule has 1 aromatic heterocycles. The van der Waals surface area contributed by atoms with Gasteiger partial charge in [0.2, 0.25) is 5.89 Å². The van der Waals surface area contributed by atoms with Crippen LogP contribution in [0.3, 0.4) is 0 Å². The van der Waals surface area contributed by atoms with Crippen LogP contribution in [0.4, 0.5) is 11.7 Å². The molecule has 3 aromatic carbocycles. The van der Waals surface area contributed by atoms with Gasteiger partial charge >= 0.3 is 6.01 Å². The maximum atomic E-state index is 12.6. The number of aromatic nitrogens is 2. The summed E-state index contributed by atoms with van der Waals surface area (Å²) in [5, 5.41) is 10.4. The largest absolute Gasteiger partial charge is 0.486 e. The Morgan fingerprint density at radius 2 is 1.60 bits per heavy atom. The predicted octanol–water partition coefficient (Wildman–Crippen LogP) is 3.87. The standard InChI is InChI=1S/C24H20N4O6S/c1-15-2-9-19(10-3-15)35(30,31)28-18-7-4-16(5-8-18)22(29)25-24-27-26-23(34-24)17-6-11-20-21(14-17)33-13-12-32-20/h2-11,14,28H,12-13H2,1H3,(H,25,27,29). The van der Waals surface area contributed by atoms with E-state index in [-0.39, 0.29) is 22.4 Å². The predicted molar refractivity (Wildman–Crippen MR) is 127 cm³/mol. The third kappa shape index (κ3) is 4.94. The van der Waals surface area contributed by atoms with E-state index >= 15 is 0 Å². The molecule has 35 heavy (non-hydrogen) atoms. The number of carbonyl (C=O) groups is 1. The highest BCUT2D eigenvalue weighted by Gasteiger charge is 2.18. The van der Waals surface area contributed by atoms with Crippen LogP contribution in [0.2, 0.25) is 0 Å². The summed E-state index contributed by atoms with van der Waals surface area (Å²) in [4.78, 5) is 12.7. The zero-order valence-corrected chi connectivity index (χ0v) is 19.3. The van der Waals surface area contributed by atoms with Crippen LogP contribution in [0.25, 0.3) is 11.5 Å². The topological polar surface area (TPSA) is 133 Å². The molecule has 0 aliphatic carbocycles. The van der Waals surface area contributed by atoms with E-state index in [2.05, 4.69) is 20.2 Å². The molecule has 0 bridgehead atoms. The average Bonchev–Trinajstić information content (AvgIpc) is 3.32. The first kappa shape index (κ1) is 22.4. The summed E-state index contributed by atoms with van der Waals surface area (Å²) in [5.74, 6) is 0.932. The van der Waals surface area contributed by atoms with Gasteiger partial charge in [-0.1, -0.05) is 22.8 Å². The summed E-state index contributed by atoms with van der Waals surface area (Å²) < 4.78 is 44.2. The van der Waals surface area contributed by atoms with Crippen LogP contribution in [0.15, 0.2) is 76.0 Å². The second kappa shape index (κ2) is 9.11. The lowest BCUT2D eigenvalue weighted by Crippen LogP contribution is -2.15. The molecular formula is C24H20N4O6S. The number of hydrogen-bond acceptors (Lipinski definition) is 8. The van der Waals surface area contributed by atoms with Gasteiger partial charge in [0.15, 0.2) is 11.5 Å². The second-order valence-electron chi connectivity index (χ2n) is 7.72. The molecule has 0 radical (unpaired) electrons. The number of anilines is 2. The van der Waals surface area contributed by atoms with Crippen molar-refractivity contribution in [2.75, 3.05) is 23.3 Å². The van der Waals surface area contributed by atoms with Crippen LogP contribution < -0.4 is 19.5 Å². The Balaban J connectivity index is 1.24. The van der Waals surface area contributed by atoms with E-state index in [0.29, 0.717) is 36.0 Å². The zero-order chi connectivity index (χ0) is 24.4. The minimum absolute atomic E-state index is 0.0796. The number of ether oxygens (including phenoxy) is 2. The maximum Gasteiger partial charge on any atom is 0.322 e. The van der Waals surface area contributed by atoms with Crippen molar-refractivity contribution in [3.05, 3.63) is 77.9 Å². The van der Waals surface area contributed by atoms with Crippen LogP contribution >= 0.6 is 0 Å². The number of aryl methyl sites for hydroxylation is 1. The van der Waals surface area contributed by atoms with Crippen LogP contribution in [0.5, 0.6) is 11.5 Å². The molecule has 10 nitrogen and oxygen atoms in total. The number of benzene rings is 3. The average molecular weight is 493 g/mol. The number of sulfonamides is 1. The van der Waals surface area contributed by atoms with E-state index in [1.54, 1.807) is 30.3 Å². The van der Waals surface area contributed by atoms with Crippen LogP contribution in [0, 0.1) is 6.92 Å². The second-order valence-corrected chi connectivity index (χ2v) is 9.40. The summed E-state index contributed by atoms with van der Waals surface area (Å²) in [7, 11) is -3.74. The van der Waals surface area contributed by atoms with Crippen molar-refractivity contribution in [2.45, 2.75) is 11.8 Å².